The largest absolute Gasteiger partial charge is 0.391 e. The van der Waals surface area contributed by atoms with E-state index in [1.54, 1.807) is 18.2 Å². The highest BCUT2D eigenvalue weighted by molar-refractivity contribution is 8.15. The molecule has 1 aromatic rings. The van der Waals surface area contributed by atoms with Gasteiger partial charge in [0.05, 0.1) is 15.6 Å². The molecule has 0 saturated carbocycles. The first-order valence-electron chi connectivity index (χ1n) is 7.90. The summed E-state index contributed by atoms with van der Waals surface area (Å²) in [5.74, 6) is 0.559. The minimum absolute atomic E-state index is 0.0831. The average molecular weight is 420 g/mol. The molecule has 0 aromatic heterocycles. The van der Waals surface area contributed by atoms with Crippen LogP contribution in [-0.2, 0) is 9.63 Å². The van der Waals surface area contributed by atoms with E-state index in [0.29, 0.717) is 33.0 Å². The molecular formula is C17H17Cl3N2O2S. The molecule has 8 heteroatoms. The first kappa shape index (κ1) is 18.9. The molecule has 1 fully saturated rings. The van der Waals surface area contributed by atoms with Crippen LogP contribution in [0.1, 0.15) is 25.8 Å². The minimum Gasteiger partial charge on any atom is -0.391 e. The van der Waals surface area contributed by atoms with Crippen LogP contribution in [0.4, 0.5) is 0 Å². The molecule has 0 spiro atoms. The lowest BCUT2D eigenvalue weighted by Crippen LogP contribution is -2.41. The highest BCUT2D eigenvalue weighted by Gasteiger charge is 2.33. The Kier molecular flexibility index (Phi) is 5.88. The van der Waals surface area contributed by atoms with Crippen molar-refractivity contribution in [3.8, 4) is 0 Å². The number of amidine groups is 1. The summed E-state index contributed by atoms with van der Waals surface area (Å²) in [7, 11) is 0. The van der Waals surface area contributed by atoms with Crippen LogP contribution in [0.2, 0.25) is 15.1 Å². The van der Waals surface area contributed by atoms with Gasteiger partial charge in [-0.2, -0.15) is 0 Å². The summed E-state index contributed by atoms with van der Waals surface area (Å²) in [6, 6.07) is 3.27. The van der Waals surface area contributed by atoms with Crippen molar-refractivity contribution in [3.63, 3.8) is 0 Å². The van der Waals surface area contributed by atoms with Gasteiger partial charge < -0.3 is 9.74 Å². The predicted octanol–water partition coefficient (Wildman–Crippen LogP) is 5.01. The van der Waals surface area contributed by atoms with Crippen LogP contribution < -0.4 is 0 Å². The molecule has 0 amide bonds. The van der Waals surface area contributed by atoms with E-state index in [4.69, 9.17) is 39.6 Å². The van der Waals surface area contributed by atoms with E-state index in [1.807, 2.05) is 18.7 Å². The van der Waals surface area contributed by atoms with Crippen LogP contribution in [0.15, 0.2) is 28.9 Å². The number of fused-ring (bicyclic) bond motifs is 1. The lowest BCUT2D eigenvalue weighted by Gasteiger charge is -2.33. The molecule has 2 aliphatic heterocycles. The zero-order valence-electron chi connectivity index (χ0n) is 13.8. The van der Waals surface area contributed by atoms with Gasteiger partial charge in [-0.05, 0) is 44.1 Å². The summed E-state index contributed by atoms with van der Waals surface area (Å²) in [6.07, 6.45) is 2.49. The number of oxime groups is 1. The summed E-state index contributed by atoms with van der Waals surface area (Å²) in [4.78, 5) is 19.2. The number of nitrogens with zero attached hydrogens (tertiary/aromatic N) is 2. The molecule has 1 saturated heterocycles. The van der Waals surface area contributed by atoms with E-state index in [1.165, 1.54) is 11.8 Å². The molecule has 0 aliphatic carbocycles. The number of halogens is 3. The maximum atomic E-state index is 11.7. The van der Waals surface area contributed by atoms with Gasteiger partial charge >= 0.3 is 0 Å². The molecule has 134 valence electrons. The maximum Gasteiger partial charge on any atom is 0.212 e. The van der Waals surface area contributed by atoms with E-state index in [0.717, 1.165) is 18.5 Å². The Morgan fingerprint density at radius 3 is 2.64 bits per heavy atom. The Morgan fingerprint density at radius 1 is 1.32 bits per heavy atom. The molecule has 25 heavy (non-hydrogen) atoms. The zero-order valence-corrected chi connectivity index (χ0v) is 16.8. The predicted molar refractivity (Wildman–Crippen MR) is 105 cm³/mol. The maximum absolute atomic E-state index is 11.7. The minimum atomic E-state index is -0.0831. The van der Waals surface area contributed by atoms with Crippen LogP contribution in [0.5, 0.6) is 0 Å². The first-order chi connectivity index (χ1) is 11.8. The van der Waals surface area contributed by atoms with E-state index in [2.05, 4.69) is 5.16 Å². The monoisotopic (exact) mass is 418 g/mol. The quantitative estimate of drug-likeness (QED) is 0.392. The lowest BCUT2D eigenvalue weighted by atomic mass is 10.0. The number of carbonyl (C=O) groups excluding carboxylic acids is 1. The molecule has 1 atom stereocenters. The topological polar surface area (TPSA) is 41.9 Å². The van der Waals surface area contributed by atoms with Crippen molar-refractivity contribution in [1.82, 2.24) is 4.90 Å². The van der Waals surface area contributed by atoms with Gasteiger partial charge in [0.25, 0.3) is 0 Å². The molecule has 2 aliphatic rings. The van der Waals surface area contributed by atoms with Gasteiger partial charge in [-0.15, -0.1) is 0 Å². The fourth-order valence-corrected chi connectivity index (χ4v) is 4.82. The molecule has 0 N–H and O–H groups in total. The highest BCUT2D eigenvalue weighted by atomic mass is 35.5. The third kappa shape index (κ3) is 4.27. The molecule has 4 nitrogen and oxygen atoms in total. The number of carbonyl (C=O) groups is 1. The summed E-state index contributed by atoms with van der Waals surface area (Å²) in [6.45, 7) is 5.12. The highest BCUT2D eigenvalue weighted by Crippen LogP contribution is 2.37. The molecule has 2 heterocycles. The van der Waals surface area contributed by atoms with Gasteiger partial charge in [-0.1, -0.05) is 51.7 Å². The molecule has 0 bridgehead atoms. The van der Waals surface area contributed by atoms with Crippen LogP contribution in [0.3, 0.4) is 0 Å². The van der Waals surface area contributed by atoms with E-state index in [-0.39, 0.29) is 16.5 Å². The second-order valence-electron chi connectivity index (χ2n) is 6.17. The first-order valence-corrected chi connectivity index (χ1v) is 9.91. The van der Waals surface area contributed by atoms with Crippen molar-refractivity contribution >= 4 is 57.5 Å². The Balaban J connectivity index is 1.98. The van der Waals surface area contributed by atoms with Gasteiger partial charge in [0, 0.05) is 23.4 Å². The van der Waals surface area contributed by atoms with E-state index < -0.39 is 0 Å². The van der Waals surface area contributed by atoms with E-state index >= 15 is 0 Å². The third-order valence-electron chi connectivity index (χ3n) is 3.89. The fraction of sp³-hybridized carbons (Fsp3) is 0.412. The van der Waals surface area contributed by atoms with Crippen LogP contribution >= 0.6 is 46.6 Å². The van der Waals surface area contributed by atoms with Crippen molar-refractivity contribution in [3.05, 3.63) is 44.4 Å². The van der Waals surface area contributed by atoms with Crippen molar-refractivity contribution < 1.29 is 9.63 Å². The van der Waals surface area contributed by atoms with Crippen LogP contribution in [-0.4, -0.2) is 40.3 Å². The van der Waals surface area contributed by atoms with Gasteiger partial charge in [-0.3, -0.25) is 4.79 Å². The Labute approximate surface area is 166 Å². The number of hydrogen-bond donors (Lipinski definition) is 0. The van der Waals surface area contributed by atoms with Crippen LogP contribution in [0.25, 0.3) is 0 Å². The van der Waals surface area contributed by atoms with Crippen molar-refractivity contribution in [2.75, 3.05) is 13.1 Å². The molecule has 3 rings (SSSR count). The normalized spacial score (nSPS) is 20.8. The summed E-state index contributed by atoms with van der Waals surface area (Å²) < 4.78 is 0. The molecule has 1 unspecified atom stereocenters. The average Bonchev–Trinajstić information content (AvgIpc) is 2.88. The number of piperidine rings is 1. The molecule has 1 aromatic carbocycles. The summed E-state index contributed by atoms with van der Waals surface area (Å²) in [5.41, 5.74) is 1.68. The van der Waals surface area contributed by atoms with Crippen molar-refractivity contribution in [1.29, 1.82) is 0 Å². The van der Waals surface area contributed by atoms with Crippen LogP contribution in [0, 0.1) is 0 Å². The summed E-state index contributed by atoms with van der Waals surface area (Å²) >= 11 is 20.2. The fourth-order valence-electron chi connectivity index (χ4n) is 2.81. The third-order valence-corrected chi connectivity index (χ3v) is 5.88. The Hall–Kier alpha value is -0.880. The molecular weight excluding hydrogens is 403 g/mol. The summed E-state index contributed by atoms with van der Waals surface area (Å²) in [5, 5.41) is 5.97. The van der Waals surface area contributed by atoms with Gasteiger partial charge in [0.15, 0.2) is 5.84 Å². The standard InChI is InChI=1S/C17H17Cl3N2O2S/c1-9(2)24-21-17(16-12(19)6-11(18)7-13(16)20)22-4-3-14-10(8-22)5-15(23)25-14/h5-7,9,14H,3-4,8H2,1-2H3/b21-17+. The number of benzene rings is 1. The van der Waals surface area contributed by atoms with E-state index in [9.17, 15) is 4.79 Å². The second-order valence-corrected chi connectivity index (χ2v) is 8.63. The lowest BCUT2D eigenvalue weighted by molar-refractivity contribution is -0.106. The van der Waals surface area contributed by atoms with Crippen molar-refractivity contribution in [2.45, 2.75) is 31.6 Å². The van der Waals surface area contributed by atoms with Crippen molar-refractivity contribution in [2.24, 2.45) is 5.16 Å². The van der Waals surface area contributed by atoms with Gasteiger partial charge in [0.1, 0.15) is 6.10 Å². The Bertz CT molecular complexity index is 741. The zero-order chi connectivity index (χ0) is 18.1. The SMILES string of the molecule is CC(C)O/N=C(\c1c(Cl)cc(Cl)cc1Cl)N1CCC2SC(=O)C=C2C1. The number of likely N-dealkylation sites (tertiary alicyclic amines) is 1. The van der Waals surface area contributed by atoms with Gasteiger partial charge in [-0.25, -0.2) is 0 Å². The van der Waals surface area contributed by atoms with Gasteiger partial charge in [0.2, 0.25) is 5.12 Å². The second kappa shape index (κ2) is 7.78. The Morgan fingerprint density at radius 2 is 2.00 bits per heavy atom. The molecule has 0 radical (unpaired) electrons. The smallest absolute Gasteiger partial charge is 0.212 e. The number of rotatable bonds is 3. The number of hydrogen-bond acceptors (Lipinski definition) is 4. The number of thioether (sulfide) groups is 1.